The van der Waals surface area contributed by atoms with Crippen molar-refractivity contribution in [2.45, 2.75) is 0 Å². The van der Waals surface area contributed by atoms with Crippen LogP contribution >= 0.6 is 0 Å². The highest BCUT2D eigenvalue weighted by molar-refractivity contribution is 6.51. The molecular weight excluding hydrogens is 187 g/mol. The van der Waals surface area contributed by atoms with E-state index in [4.69, 9.17) is 10.0 Å². The summed E-state index contributed by atoms with van der Waals surface area (Å²) in [4.78, 5) is 0. The summed E-state index contributed by atoms with van der Waals surface area (Å²) in [6, 6.07) is 0. The lowest BCUT2D eigenvalue weighted by Gasteiger charge is -1.99. The Kier molecular flexibility index (Phi) is 6.10. The Bertz CT molecular complexity index is 336. The van der Waals surface area contributed by atoms with E-state index in [-0.39, 0.29) is 5.47 Å². The fourth-order valence-electron chi connectivity index (χ4n) is 0.692. The molecule has 0 aliphatic carbocycles. The first-order valence-electron chi connectivity index (χ1n) is 4.39. The van der Waals surface area contributed by atoms with Crippen LogP contribution in [0.1, 0.15) is 0 Å². The van der Waals surface area contributed by atoms with Gasteiger partial charge in [0.15, 0.2) is 0 Å². The van der Waals surface area contributed by atoms with Crippen molar-refractivity contribution in [1.29, 1.82) is 0 Å². The number of hydrogen-bond acceptors (Lipinski definition) is 2. The first-order chi connectivity index (χ1) is 6.99. The van der Waals surface area contributed by atoms with Gasteiger partial charge in [-0.25, -0.2) is 0 Å². The third-order valence-electron chi connectivity index (χ3n) is 1.68. The lowest BCUT2D eigenvalue weighted by molar-refractivity contribution is 0.421. The van der Waals surface area contributed by atoms with Gasteiger partial charge in [-0.2, -0.15) is 0 Å². The summed E-state index contributed by atoms with van der Waals surface area (Å²) in [5, 5.41) is 17.5. The highest BCUT2D eigenvalue weighted by Crippen LogP contribution is 2.09. The maximum atomic E-state index is 8.74. The molecule has 15 heavy (non-hydrogen) atoms. The second-order valence-electron chi connectivity index (χ2n) is 2.93. The second kappa shape index (κ2) is 6.82. The molecule has 0 aromatic rings. The average Bonchev–Trinajstić information content (AvgIpc) is 2.21. The summed E-state index contributed by atoms with van der Waals surface area (Å²) in [6.07, 6.45) is 8.25. The van der Waals surface area contributed by atoms with E-state index >= 15 is 0 Å². The van der Waals surface area contributed by atoms with Crippen LogP contribution in [0.4, 0.5) is 0 Å². The Hall–Kier alpha value is -1.58. The van der Waals surface area contributed by atoms with Crippen LogP contribution in [0.15, 0.2) is 73.3 Å². The van der Waals surface area contributed by atoms with Gasteiger partial charge in [-0.15, -0.1) is 0 Å². The van der Waals surface area contributed by atoms with Gasteiger partial charge in [-0.3, -0.25) is 0 Å². The molecule has 2 nitrogen and oxygen atoms in total. The SMILES string of the molecule is C=C/C=C\C(=C)C(=C)/C=C\C(=C)B(O)O. The zero-order valence-corrected chi connectivity index (χ0v) is 8.69. The van der Waals surface area contributed by atoms with E-state index in [1.807, 2.05) is 0 Å². The molecule has 0 aromatic carbocycles. The normalized spacial score (nSPS) is 10.5. The van der Waals surface area contributed by atoms with Gasteiger partial charge in [0.05, 0.1) is 0 Å². The van der Waals surface area contributed by atoms with Crippen molar-refractivity contribution in [3.05, 3.63) is 73.3 Å². The molecule has 0 amide bonds. The highest BCUT2D eigenvalue weighted by Gasteiger charge is 2.07. The van der Waals surface area contributed by atoms with Crippen LogP contribution in [0.25, 0.3) is 0 Å². The smallest absolute Gasteiger partial charge is 0.423 e. The molecule has 2 N–H and O–H groups in total. The second-order valence-corrected chi connectivity index (χ2v) is 2.93. The van der Waals surface area contributed by atoms with Gasteiger partial charge in [-0.05, 0) is 16.6 Å². The van der Waals surface area contributed by atoms with E-state index in [1.165, 1.54) is 6.08 Å². The molecule has 0 spiro atoms. The van der Waals surface area contributed by atoms with Crippen molar-refractivity contribution < 1.29 is 10.0 Å². The molecule has 0 saturated carbocycles. The molecule has 0 saturated heterocycles. The topological polar surface area (TPSA) is 40.5 Å². The number of hydrogen-bond donors (Lipinski definition) is 2. The van der Waals surface area contributed by atoms with Gasteiger partial charge >= 0.3 is 7.12 Å². The first kappa shape index (κ1) is 13.4. The molecule has 0 bridgehead atoms. The van der Waals surface area contributed by atoms with Crippen molar-refractivity contribution in [2.75, 3.05) is 0 Å². The van der Waals surface area contributed by atoms with Gasteiger partial charge in [0.1, 0.15) is 0 Å². The Balaban J connectivity index is 4.37. The third-order valence-corrected chi connectivity index (χ3v) is 1.68. The van der Waals surface area contributed by atoms with Crippen molar-refractivity contribution in [2.24, 2.45) is 0 Å². The third kappa shape index (κ3) is 5.68. The molecule has 0 aromatic heterocycles. The van der Waals surface area contributed by atoms with Crippen molar-refractivity contribution >= 4 is 7.12 Å². The molecule has 0 aliphatic heterocycles. The Labute approximate surface area is 91.1 Å². The fraction of sp³-hybridized carbons (Fsp3) is 0. The number of allylic oxidation sites excluding steroid dienone is 8. The van der Waals surface area contributed by atoms with Gasteiger partial charge in [0, 0.05) is 0 Å². The summed E-state index contributed by atoms with van der Waals surface area (Å²) in [5.74, 6) is 0. The largest absolute Gasteiger partial charge is 0.487 e. The monoisotopic (exact) mass is 202 g/mol. The van der Waals surface area contributed by atoms with E-state index in [2.05, 4.69) is 26.3 Å². The lowest BCUT2D eigenvalue weighted by Crippen LogP contribution is -2.12. The summed E-state index contributed by atoms with van der Waals surface area (Å²) < 4.78 is 0. The van der Waals surface area contributed by atoms with Crippen LogP contribution in [0.5, 0.6) is 0 Å². The zero-order chi connectivity index (χ0) is 11.8. The predicted octanol–water partition coefficient (Wildman–Crippen LogP) is 1.97. The maximum Gasteiger partial charge on any atom is 0.487 e. The van der Waals surface area contributed by atoms with Crippen LogP contribution in [0.2, 0.25) is 0 Å². The first-order valence-corrected chi connectivity index (χ1v) is 4.39. The minimum atomic E-state index is -1.54. The van der Waals surface area contributed by atoms with E-state index in [0.29, 0.717) is 5.57 Å². The molecule has 0 aliphatic rings. The van der Waals surface area contributed by atoms with E-state index in [1.54, 1.807) is 24.3 Å². The molecule has 0 rings (SSSR count). The molecule has 3 heteroatoms. The summed E-state index contributed by atoms with van der Waals surface area (Å²) in [5.41, 5.74) is 1.61. The minimum Gasteiger partial charge on any atom is -0.423 e. The van der Waals surface area contributed by atoms with E-state index < -0.39 is 7.12 Å². The summed E-state index contributed by atoms with van der Waals surface area (Å²) in [6.45, 7) is 14.5. The predicted molar refractivity (Wildman–Crippen MR) is 66.1 cm³/mol. The van der Waals surface area contributed by atoms with Gasteiger partial charge in [-0.1, -0.05) is 56.7 Å². The highest BCUT2D eigenvalue weighted by atomic mass is 16.4. The Morgan fingerprint density at radius 1 is 0.933 bits per heavy atom. The van der Waals surface area contributed by atoms with E-state index in [9.17, 15) is 0 Å². The molecule has 78 valence electrons. The summed E-state index contributed by atoms with van der Waals surface area (Å²) in [7, 11) is -1.54. The quantitative estimate of drug-likeness (QED) is 0.510. The van der Waals surface area contributed by atoms with Crippen LogP contribution < -0.4 is 0 Å². The number of rotatable bonds is 6. The molecule has 0 radical (unpaired) electrons. The van der Waals surface area contributed by atoms with Crippen molar-refractivity contribution in [1.82, 2.24) is 0 Å². The maximum absolute atomic E-state index is 8.74. The van der Waals surface area contributed by atoms with Crippen LogP contribution in [0.3, 0.4) is 0 Å². The fourth-order valence-corrected chi connectivity index (χ4v) is 0.692. The van der Waals surface area contributed by atoms with Gasteiger partial charge in [0.25, 0.3) is 0 Å². The molecule has 0 fully saturated rings. The summed E-state index contributed by atoms with van der Waals surface area (Å²) >= 11 is 0. The van der Waals surface area contributed by atoms with Crippen molar-refractivity contribution in [3.8, 4) is 0 Å². The van der Waals surface area contributed by atoms with Crippen LogP contribution in [-0.4, -0.2) is 17.2 Å². The molecule has 0 heterocycles. The molecule has 0 unspecified atom stereocenters. The average molecular weight is 202 g/mol. The zero-order valence-electron chi connectivity index (χ0n) is 8.69. The van der Waals surface area contributed by atoms with Crippen LogP contribution in [-0.2, 0) is 0 Å². The van der Waals surface area contributed by atoms with Crippen LogP contribution in [0, 0.1) is 0 Å². The molecular formula is C12H15BO2. The van der Waals surface area contributed by atoms with E-state index in [0.717, 1.165) is 5.57 Å². The Morgan fingerprint density at radius 3 is 1.93 bits per heavy atom. The van der Waals surface area contributed by atoms with Gasteiger partial charge < -0.3 is 10.0 Å². The molecule has 0 atom stereocenters. The standard InChI is InChI=1S/C12H15BO2/c1-5-6-7-10(2)11(3)8-9-12(4)13(14)15/h5-9,14-15H,1-4H2/b7-6-,9-8-. The van der Waals surface area contributed by atoms with Crippen molar-refractivity contribution in [3.63, 3.8) is 0 Å². The Morgan fingerprint density at radius 2 is 1.47 bits per heavy atom. The van der Waals surface area contributed by atoms with Gasteiger partial charge in [0.2, 0.25) is 0 Å². The minimum absolute atomic E-state index is 0.205. The lowest BCUT2D eigenvalue weighted by atomic mass is 9.80.